The molecule has 0 heterocycles. The van der Waals surface area contributed by atoms with E-state index in [0.29, 0.717) is 0 Å². The second-order valence-corrected chi connectivity index (χ2v) is 11.0. The molecule has 0 saturated heterocycles. The van der Waals surface area contributed by atoms with E-state index in [1.807, 2.05) is 30.3 Å². The van der Waals surface area contributed by atoms with Crippen LogP contribution < -0.4 is 5.32 Å². The quantitative estimate of drug-likeness (QED) is 0.463. The molecule has 1 N–H and O–H groups in total. The molecular weight excluding hydrogens is 301 g/mol. The first-order chi connectivity index (χ1) is 11.2. The van der Waals surface area contributed by atoms with E-state index >= 15 is 0 Å². The maximum absolute atomic E-state index is 12.6. The van der Waals surface area contributed by atoms with Gasteiger partial charge in [0.05, 0.1) is 18.5 Å². The number of hydrogen-bond acceptors (Lipinski definition) is 1. The lowest BCUT2D eigenvalue weighted by molar-refractivity contribution is -0.113. The minimum Gasteiger partial charge on any atom is -0.323 e. The van der Waals surface area contributed by atoms with Crippen LogP contribution in [0.25, 0.3) is 0 Å². The summed E-state index contributed by atoms with van der Waals surface area (Å²) < 4.78 is 0. The Morgan fingerprint density at radius 1 is 0.870 bits per heavy atom. The van der Waals surface area contributed by atoms with Crippen molar-refractivity contribution in [2.24, 2.45) is 0 Å². The van der Waals surface area contributed by atoms with Crippen molar-refractivity contribution in [1.82, 2.24) is 0 Å². The molecule has 0 aromatic heterocycles. The van der Waals surface area contributed by atoms with Crippen molar-refractivity contribution in [2.75, 3.05) is 30.0 Å². The fraction of sp³-hybridized carbons (Fsp3) is 0.650. The lowest BCUT2D eigenvalue weighted by Gasteiger charge is -2.27. The fourth-order valence-corrected chi connectivity index (χ4v) is 7.87. The number of anilines is 1. The van der Waals surface area contributed by atoms with Gasteiger partial charge in [-0.15, -0.1) is 0 Å². The zero-order valence-electron chi connectivity index (χ0n) is 15.3. The smallest absolute Gasteiger partial charge is 0.261 e. The fourth-order valence-electron chi connectivity index (χ4n) is 3.08. The summed E-state index contributed by atoms with van der Waals surface area (Å²) in [6.45, 7) is 6.79. The van der Waals surface area contributed by atoms with Crippen molar-refractivity contribution in [1.29, 1.82) is 0 Å². The molecule has 1 amide bonds. The van der Waals surface area contributed by atoms with Gasteiger partial charge in [-0.1, -0.05) is 58.2 Å². The van der Waals surface area contributed by atoms with Gasteiger partial charge in [-0.2, -0.15) is 0 Å². The van der Waals surface area contributed by atoms with Crippen molar-refractivity contribution >= 4 is 18.9 Å². The number of carbonyl (C=O) groups is 1. The predicted molar refractivity (Wildman–Crippen MR) is 106 cm³/mol. The number of benzene rings is 1. The summed E-state index contributed by atoms with van der Waals surface area (Å²) in [5.41, 5.74) is 0.928. The Labute approximate surface area is 143 Å². The number of rotatable bonds is 12. The summed E-state index contributed by atoms with van der Waals surface area (Å²) in [7, 11) is -1.15. The van der Waals surface area contributed by atoms with Crippen LogP contribution in [0.1, 0.15) is 59.3 Å². The standard InChI is InChI=1S/C20H34NOP/c1-4-7-15-23(16-8-5-2,17-9-6-3)18-20(22)21-19-13-11-10-12-14-19/h10-14H,4-9,15-18H2,1-3H3/p+1. The third-order valence-electron chi connectivity index (χ3n) is 4.49. The molecule has 0 aliphatic carbocycles. The van der Waals surface area contributed by atoms with E-state index in [-0.39, 0.29) is 5.91 Å². The van der Waals surface area contributed by atoms with E-state index in [2.05, 4.69) is 26.1 Å². The molecule has 0 fully saturated rings. The van der Waals surface area contributed by atoms with E-state index in [1.54, 1.807) is 0 Å². The van der Waals surface area contributed by atoms with Gasteiger partial charge < -0.3 is 5.32 Å². The Morgan fingerprint density at radius 2 is 1.35 bits per heavy atom. The molecule has 1 aromatic carbocycles. The van der Waals surface area contributed by atoms with Crippen LogP contribution >= 0.6 is 7.26 Å². The molecule has 0 radical (unpaired) electrons. The van der Waals surface area contributed by atoms with Gasteiger partial charge in [-0.25, -0.2) is 0 Å². The van der Waals surface area contributed by atoms with E-state index in [1.165, 1.54) is 57.0 Å². The van der Waals surface area contributed by atoms with Gasteiger partial charge in [0.2, 0.25) is 0 Å². The summed E-state index contributed by atoms with van der Waals surface area (Å²) in [4.78, 5) is 12.6. The molecule has 130 valence electrons. The average molecular weight is 336 g/mol. The first-order valence-corrected chi connectivity index (χ1v) is 11.9. The Bertz CT molecular complexity index is 411. The molecule has 3 heteroatoms. The molecule has 0 spiro atoms. The maximum Gasteiger partial charge on any atom is 0.261 e. The second-order valence-electron chi connectivity index (χ2n) is 6.65. The average Bonchev–Trinajstić information content (AvgIpc) is 2.57. The van der Waals surface area contributed by atoms with Crippen molar-refractivity contribution in [3.63, 3.8) is 0 Å². The van der Waals surface area contributed by atoms with Gasteiger partial charge >= 0.3 is 0 Å². The van der Waals surface area contributed by atoms with E-state index < -0.39 is 7.26 Å². The van der Waals surface area contributed by atoms with Crippen LogP contribution in [0.3, 0.4) is 0 Å². The highest BCUT2D eigenvalue weighted by molar-refractivity contribution is 7.76. The molecule has 1 aromatic rings. The zero-order chi connectivity index (χ0) is 17.0. The summed E-state index contributed by atoms with van der Waals surface area (Å²) in [5, 5.41) is 3.12. The Hall–Kier alpha value is -0.880. The topological polar surface area (TPSA) is 29.1 Å². The third-order valence-corrected chi connectivity index (χ3v) is 9.25. The van der Waals surface area contributed by atoms with Crippen LogP contribution in [0.15, 0.2) is 30.3 Å². The van der Waals surface area contributed by atoms with Gasteiger partial charge in [0.15, 0.2) is 0 Å². The Morgan fingerprint density at radius 3 is 1.78 bits per heavy atom. The number of nitrogens with one attached hydrogen (secondary N) is 1. The Kier molecular flexibility index (Phi) is 10.2. The number of carbonyl (C=O) groups excluding carboxylic acids is 1. The van der Waals surface area contributed by atoms with Gasteiger partial charge in [0.25, 0.3) is 5.91 Å². The molecule has 0 aliphatic heterocycles. The zero-order valence-corrected chi connectivity index (χ0v) is 16.2. The molecule has 0 aliphatic rings. The van der Waals surface area contributed by atoms with Crippen LogP contribution in [0, 0.1) is 0 Å². The largest absolute Gasteiger partial charge is 0.323 e. The third kappa shape index (κ3) is 7.97. The van der Waals surface area contributed by atoms with Crippen LogP contribution in [0.5, 0.6) is 0 Å². The van der Waals surface area contributed by atoms with E-state index in [9.17, 15) is 4.79 Å². The first-order valence-electron chi connectivity index (χ1n) is 9.35. The van der Waals surface area contributed by atoms with Crippen LogP contribution in [-0.2, 0) is 4.79 Å². The summed E-state index contributed by atoms with van der Waals surface area (Å²) in [5.74, 6) is 0.229. The minimum absolute atomic E-state index is 0.229. The molecule has 0 bridgehead atoms. The van der Waals surface area contributed by atoms with Gasteiger partial charge in [-0.05, 0) is 31.4 Å². The molecule has 2 nitrogen and oxygen atoms in total. The van der Waals surface area contributed by atoms with E-state index in [0.717, 1.165) is 11.8 Å². The van der Waals surface area contributed by atoms with Crippen LogP contribution in [0.4, 0.5) is 5.69 Å². The summed E-state index contributed by atoms with van der Waals surface area (Å²) >= 11 is 0. The van der Waals surface area contributed by atoms with Crippen LogP contribution in [-0.4, -0.2) is 30.6 Å². The second kappa shape index (κ2) is 11.6. The monoisotopic (exact) mass is 336 g/mol. The molecule has 0 unspecified atom stereocenters. The predicted octanol–water partition coefficient (Wildman–Crippen LogP) is 6.04. The summed E-state index contributed by atoms with van der Waals surface area (Å²) in [6.07, 6.45) is 12.2. The highest BCUT2D eigenvalue weighted by atomic mass is 31.2. The molecule has 23 heavy (non-hydrogen) atoms. The minimum atomic E-state index is -1.15. The van der Waals surface area contributed by atoms with Crippen molar-refractivity contribution < 1.29 is 4.79 Å². The van der Waals surface area contributed by atoms with Crippen molar-refractivity contribution in [3.8, 4) is 0 Å². The lowest BCUT2D eigenvalue weighted by atomic mass is 10.3. The molecule has 0 atom stereocenters. The SMILES string of the molecule is CCCC[P+](CCCC)(CCCC)CC(=O)Nc1ccccc1. The Balaban J connectivity index is 2.76. The maximum atomic E-state index is 12.6. The number of unbranched alkanes of at least 4 members (excludes halogenated alkanes) is 3. The van der Waals surface area contributed by atoms with E-state index in [4.69, 9.17) is 0 Å². The normalized spacial score (nSPS) is 11.4. The lowest BCUT2D eigenvalue weighted by Crippen LogP contribution is -2.23. The van der Waals surface area contributed by atoms with Crippen LogP contribution in [0.2, 0.25) is 0 Å². The van der Waals surface area contributed by atoms with Gasteiger partial charge in [0.1, 0.15) is 6.16 Å². The molecule has 0 saturated carbocycles. The van der Waals surface area contributed by atoms with Gasteiger partial charge in [0, 0.05) is 12.9 Å². The number of amides is 1. The summed E-state index contributed by atoms with van der Waals surface area (Å²) in [6, 6.07) is 9.88. The van der Waals surface area contributed by atoms with Crippen molar-refractivity contribution in [2.45, 2.75) is 59.3 Å². The number of para-hydroxylation sites is 1. The van der Waals surface area contributed by atoms with Crippen molar-refractivity contribution in [3.05, 3.63) is 30.3 Å². The number of hydrogen-bond donors (Lipinski definition) is 1. The van der Waals surface area contributed by atoms with Gasteiger partial charge in [-0.3, -0.25) is 4.79 Å². The molecule has 1 rings (SSSR count). The first kappa shape index (κ1) is 20.2. The highest BCUT2D eigenvalue weighted by Crippen LogP contribution is 2.60. The molecular formula is C20H35NOP+. The highest BCUT2D eigenvalue weighted by Gasteiger charge is 2.37.